The van der Waals surface area contributed by atoms with Gasteiger partial charge in [-0.25, -0.2) is 4.79 Å². The van der Waals surface area contributed by atoms with Crippen LogP contribution in [0.25, 0.3) is 0 Å². The zero-order valence-corrected chi connectivity index (χ0v) is 23.4. The van der Waals surface area contributed by atoms with Crippen molar-refractivity contribution in [2.75, 3.05) is 19.7 Å². The average Bonchev–Trinajstić information content (AvgIpc) is 3.08. The first kappa shape index (κ1) is 27.4. The Kier molecular flexibility index (Phi) is 8.05. The minimum absolute atomic E-state index is 0.163. The Morgan fingerprint density at radius 2 is 1.94 bits per heavy atom. The molecular formula is C27H41N3O5S. The second-order valence-corrected chi connectivity index (χ2v) is 14.0. The Hall–Kier alpha value is -1.68. The number of amides is 1. The second kappa shape index (κ2) is 10.6. The molecule has 8 nitrogen and oxygen atoms in total. The molecule has 0 saturated carbocycles. The summed E-state index contributed by atoms with van der Waals surface area (Å²) < 4.78 is 34.7. The van der Waals surface area contributed by atoms with Crippen LogP contribution >= 0.6 is 0 Å². The van der Waals surface area contributed by atoms with E-state index in [-0.39, 0.29) is 17.8 Å². The van der Waals surface area contributed by atoms with E-state index in [1.165, 1.54) is 0 Å². The van der Waals surface area contributed by atoms with Crippen LogP contribution in [0.3, 0.4) is 0 Å². The predicted octanol–water partition coefficient (Wildman–Crippen LogP) is 4.95. The molecule has 1 aromatic heterocycles. The molecule has 36 heavy (non-hydrogen) atoms. The molecule has 2 saturated heterocycles. The third kappa shape index (κ3) is 6.41. The summed E-state index contributed by atoms with van der Waals surface area (Å²) in [6.45, 7) is 13.7. The van der Waals surface area contributed by atoms with Crippen molar-refractivity contribution >= 4 is 23.2 Å². The maximum atomic E-state index is 13.1. The zero-order valence-electron chi connectivity index (χ0n) is 22.6. The summed E-state index contributed by atoms with van der Waals surface area (Å²) in [5, 5.41) is 0. The average molecular weight is 520 g/mol. The van der Waals surface area contributed by atoms with Crippen molar-refractivity contribution in [1.29, 1.82) is 0 Å². The Bertz CT molecular complexity index is 971. The van der Waals surface area contributed by atoms with Gasteiger partial charge in [0.1, 0.15) is 27.4 Å². The Morgan fingerprint density at radius 1 is 1.22 bits per heavy atom. The summed E-state index contributed by atoms with van der Waals surface area (Å²) in [7, 11) is 0. The monoisotopic (exact) mass is 519 g/mol. The van der Waals surface area contributed by atoms with Gasteiger partial charge in [-0.1, -0.05) is 4.40 Å². The summed E-state index contributed by atoms with van der Waals surface area (Å²) in [4.78, 5) is 19.4. The normalized spacial score (nSPS) is 24.1. The summed E-state index contributed by atoms with van der Waals surface area (Å²) in [5.41, 5.74) is 2.84. The van der Waals surface area contributed by atoms with Gasteiger partial charge in [0, 0.05) is 37.1 Å². The minimum Gasteiger partial charge on any atom is -0.591 e. The molecule has 0 bridgehead atoms. The van der Waals surface area contributed by atoms with E-state index >= 15 is 0 Å². The van der Waals surface area contributed by atoms with Gasteiger partial charge >= 0.3 is 6.09 Å². The summed E-state index contributed by atoms with van der Waals surface area (Å²) in [5.74, 6) is 0. The molecule has 200 valence electrons. The van der Waals surface area contributed by atoms with E-state index in [1.54, 1.807) is 4.90 Å². The molecule has 2 aliphatic heterocycles. The number of hydrogen-bond donors (Lipinski definition) is 0. The minimum atomic E-state index is -1.39. The molecule has 4 rings (SSSR count). The lowest BCUT2D eigenvalue weighted by molar-refractivity contribution is -0.169. The standard InChI is InChI=1S/C27H41N3O5S/c1-25(2,3)35-24(31)30-14-12-27(13-15-30)17-21-20(23(27)29-36(32)26(4,5)6)11-10-19(28-21)18-34-22-9-7-8-16-33-22/h10-11,22H,7-9,12-18H2,1-6H3. The van der Waals surface area contributed by atoms with E-state index in [2.05, 4.69) is 6.07 Å². The first-order chi connectivity index (χ1) is 16.9. The molecule has 2 fully saturated rings. The van der Waals surface area contributed by atoms with Gasteiger partial charge < -0.3 is 23.7 Å². The van der Waals surface area contributed by atoms with Crippen LogP contribution < -0.4 is 0 Å². The van der Waals surface area contributed by atoms with Gasteiger partial charge in [0.15, 0.2) is 6.29 Å². The van der Waals surface area contributed by atoms with E-state index < -0.39 is 21.7 Å². The highest BCUT2D eigenvalue weighted by molar-refractivity contribution is 7.91. The number of pyridine rings is 1. The summed E-state index contributed by atoms with van der Waals surface area (Å²) in [6.07, 6.45) is 4.85. The molecule has 3 aliphatic rings. The molecular weight excluding hydrogens is 478 g/mol. The van der Waals surface area contributed by atoms with E-state index in [0.29, 0.717) is 19.7 Å². The number of aromatic nitrogens is 1. The third-order valence-corrected chi connectivity index (χ3v) is 8.32. The Labute approximate surface area is 218 Å². The van der Waals surface area contributed by atoms with Crippen LogP contribution in [0.4, 0.5) is 4.79 Å². The highest BCUT2D eigenvalue weighted by atomic mass is 32.2. The fraction of sp³-hybridized carbons (Fsp3) is 0.741. The predicted molar refractivity (Wildman–Crippen MR) is 140 cm³/mol. The summed E-state index contributed by atoms with van der Waals surface area (Å²) in [6, 6.07) is 4.03. The van der Waals surface area contributed by atoms with Crippen LogP contribution in [0, 0.1) is 5.41 Å². The zero-order chi connectivity index (χ0) is 26.1. The van der Waals surface area contributed by atoms with Crippen molar-refractivity contribution in [2.45, 2.75) is 103 Å². The second-order valence-electron chi connectivity index (χ2n) is 12.1. The topological polar surface area (TPSA) is 96.3 Å². The number of fused-ring (bicyclic) bond motifs is 1. The van der Waals surface area contributed by atoms with Crippen molar-refractivity contribution < 1.29 is 23.6 Å². The first-order valence-corrected chi connectivity index (χ1v) is 14.2. The largest absolute Gasteiger partial charge is 0.591 e. The molecule has 9 heteroatoms. The van der Waals surface area contributed by atoms with Gasteiger partial charge in [-0.2, -0.15) is 0 Å². The molecule has 3 heterocycles. The first-order valence-electron chi connectivity index (χ1n) is 13.1. The number of nitrogens with zero attached hydrogens (tertiary/aromatic N) is 3. The maximum Gasteiger partial charge on any atom is 0.410 e. The molecule has 2 unspecified atom stereocenters. The van der Waals surface area contributed by atoms with Crippen LogP contribution in [0.15, 0.2) is 16.5 Å². The molecule has 1 spiro atoms. The van der Waals surface area contributed by atoms with E-state index in [9.17, 15) is 9.35 Å². The molecule has 0 radical (unpaired) electrons. The van der Waals surface area contributed by atoms with Crippen molar-refractivity contribution in [3.8, 4) is 0 Å². The maximum absolute atomic E-state index is 13.1. The SMILES string of the molecule is CC(C)(C)OC(=O)N1CCC2(CC1)Cc1nc(COC3CCCCO3)ccc1C2=N[S+]([O-])C(C)(C)C. The number of carbonyl (C=O) groups excluding carboxylic acids is 1. The fourth-order valence-corrected chi connectivity index (χ4v) is 5.64. The van der Waals surface area contributed by atoms with Gasteiger partial charge in [0.2, 0.25) is 0 Å². The number of hydrogen-bond acceptors (Lipinski definition) is 7. The van der Waals surface area contributed by atoms with Crippen LogP contribution in [0.1, 0.15) is 90.6 Å². The smallest absolute Gasteiger partial charge is 0.410 e. The Balaban J connectivity index is 1.54. The number of ether oxygens (including phenoxy) is 3. The molecule has 2 atom stereocenters. The van der Waals surface area contributed by atoms with Crippen LogP contribution in [-0.2, 0) is 38.6 Å². The Morgan fingerprint density at radius 3 is 2.56 bits per heavy atom. The molecule has 0 N–H and O–H groups in total. The van der Waals surface area contributed by atoms with Crippen molar-refractivity contribution in [3.05, 3.63) is 29.1 Å². The molecule has 1 amide bonds. The number of likely N-dealkylation sites (tertiary alicyclic amines) is 1. The van der Waals surface area contributed by atoms with E-state index in [1.807, 2.05) is 47.6 Å². The van der Waals surface area contributed by atoms with Crippen LogP contribution in [0.2, 0.25) is 0 Å². The lowest BCUT2D eigenvalue weighted by Crippen LogP contribution is -2.47. The van der Waals surface area contributed by atoms with Crippen LogP contribution in [-0.4, -0.2) is 62.6 Å². The number of piperidine rings is 1. The number of rotatable bonds is 4. The highest BCUT2D eigenvalue weighted by Gasteiger charge is 2.49. The van der Waals surface area contributed by atoms with Crippen molar-refractivity contribution in [1.82, 2.24) is 9.88 Å². The van der Waals surface area contributed by atoms with E-state index in [0.717, 1.165) is 67.8 Å². The van der Waals surface area contributed by atoms with Crippen LogP contribution in [0.5, 0.6) is 0 Å². The number of carbonyl (C=O) groups is 1. The van der Waals surface area contributed by atoms with Crippen molar-refractivity contribution in [3.63, 3.8) is 0 Å². The highest BCUT2D eigenvalue weighted by Crippen LogP contribution is 2.45. The molecule has 0 aromatic carbocycles. The van der Waals surface area contributed by atoms with Gasteiger partial charge in [0.05, 0.1) is 18.0 Å². The van der Waals surface area contributed by atoms with E-state index in [4.69, 9.17) is 23.6 Å². The fourth-order valence-electron chi connectivity index (χ4n) is 4.91. The molecule has 1 aliphatic carbocycles. The molecule has 1 aromatic rings. The third-order valence-electron chi connectivity index (χ3n) is 6.92. The quantitative estimate of drug-likeness (QED) is 0.522. The lowest BCUT2D eigenvalue weighted by atomic mass is 9.75. The van der Waals surface area contributed by atoms with Crippen molar-refractivity contribution in [2.24, 2.45) is 9.81 Å². The van der Waals surface area contributed by atoms with Gasteiger partial charge in [-0.3, -0.25) is 4.98 Å². The summed E-state index contributed by atoms with van der Waals surface area (Å²) >= 11 is -1.39. The van der Waals surface area contributed by atoms with Gasteiger partial charge in [0.25, 0.3) is 0 Å². The van der Waals surface area contributed by atoms with Gasteiger partial charge in [-0.05, 0) is 85.8 Å². The lowest BCUT2D eigenvalue weighted by Gasteiger charge is -2.39. The van der Waals surface area contributed by atoms with Gasteiger partial charge in [-0.15, -0.1) is 0 Å².